The molecule has 0 bridgehead atoms. The number of aliphatic hydroxyl groups is 1. The predicted molar refractivity (Wildman–Crippen MR) is 58.9 cm³/mol. The quantitative estimate of drug-likeness (QED) is 0.829. The van der Waals surface area contributed by atoms with Crippen LogP contribution in [0.2, 0.25) is 0 Å². The first-order valence-corrected chi connectivity index (χ1v) is 5.67. The summed E-state index contributed by atoms with van der Waals surface area (Å²) < 4.78 is 50.9. The van der Waals surface area contributed by atoms with E-state index >= 15 is 0 Å². The molecule has 0 saturated carbocycles. The van der Waals surface area contributed by atoms with Crippen molar-refractivity contribution in [2.24, 2.45) is 0 Å². The fraction of sp³-hybridized carbons (Fsp3) is 0.500. The van der Waals surface area contributed by atoms with Crippen LogP contribution in [0.25, 0.3) is 0 Å². The zero-order chi connectivity index (χ0) is 13.3. The summed E-state index contributed by atoms with van der Waals surface area (Å²) in [6.07, 6.45) is -3.02. The molecule has 1 atom stereocenters. The van der Waals surface area contributed by atoms with Gasteiger partial charge >= 0.3 is 6.18 Å². The van der Waals surface area contributed by atoms with Gasteiger partial charge in [-0.1, -0.05) is 0 Å². The minimum atomic E-state index is -4.54. The van der Waals surface area contributed by atoms with E-state index in [1.807, 2.05) is 0 Å². The highest BCUT2D eigenvalue weighted by atomic mass is 19.4. The summed E-state index contributed by atoms with van der Waals surface area (Å²) in [5, 5.41) is 9.13. The molecule has 0 amide bonds. The minimum Gasteiger partial charge on any atom is -0.394 e. The lowest BCUT2D eigenvalue weighted by Gasteiger charge is -2.26. The van der Waals surface area contributed by atoms with Crippen molar-refractivity contribution in [3.8, 4) is 0 Å². The average molecular weight is 263 g/mol. The Labute approximate surface area is 102 Å². The van der Waals surface area contributed by atoms with Gasteiger partial charge in [0.15, 0.2) is 0 Å². The molecule has 1 aromatic carbocycles. The van der Waals surface area contributed by atoms with Crippen molar-refractivity contribution in [1.82, 2.24) is 0 Å². The van der Waals surface area contributed by atoms with Gasteiger partial charge < -0.3 is 10.0 Å². The van der Waals surface area contributed by atoms with Crippen LogP contribution in [0.3, 0.4) is 0 Å². The second kappa shape index (κ2) is 4.76. The Morgan fingerprint density at radius 2 is 2.06 bits per heavy atom. The molecular formula is C12H13F4NO. The van der Waals surface area contributed by atoms with Crippen molar-refractivity contribution in [2.75, 3.05) is 18.1 Å². The molecule has 0 aliphatic carbocycles. The van der Waals surface area contributed by atoms with Crippen molar-refractivity contribution < 1.29 is 22.7 Å². The van der Waals surface area contributed by atoms with Crippen LogP contribution in [-0.4, -0.2) is 24.3 Å². The Hall–Kier alpha value is -1.30. The summed E-state index contributed by atoms with van der Waals surface area (Å²) in [4.78, 5) is 1.62. The van der Waals surface area contributed by atoms with E-state index in [-0.39, 0.29) is 18.3 Å². The standard InChI is InChI=1S/C12H13F4NO/c13-10-6-8(12(14,15)16)3-4-11(10)17-5-1-2-9(17)7-18/h3-4,6,9,18H,1-2,5,7H2. The molecule has 1 saturated heterocycles. The fourth-order valence-electron chi connectivity index (χ4n) is 2.26. The highest BCUT2D eigenvalue weighted by molar-refractivity contribution is 5.51. The number of hydrogen-bond acceptors (Lipinski definition) is 2. The van der Waals surface area contributed by atoms with Gasteiger partial charge in [0.05, 0.1) is 23.9 Å². The molecule has 6 heteroatoms. The van der Waals surface area contributed by atoms with Gasteiger partial charge in [0.1, 0.15) is 5.82 Å². The molecule has 1 heterocycles. The highest BCUT2D eigenvalue weighted by Gasteiger charge is 2.32. The molecule has 2 rings (SSSR count). The third-order valence-electron chi connectivity index (χ3n) is 3.17. The Morgan fingerprint density at radius 3 is 2.61 bits per heavy atom. The molecule has 100 valence electrons. The molecule has 0 spiro atoms. The van der Waals surface area contributed by atoms with Crippen LogP contribution >= 0.6 is 0 Å². The van der Waals surface area contributed by atoms with E-state index in [9.17, 15) is 17.6 Å². The van der Waals surface area contributed by atoms with E-state index < -0.39 is 17.6 Å². The third kappa shape index (κ3) is 2.43. The lowest BCUT2D eigenvalue weighted by Crippen LogP contribution is -2.32. The Bertz CT molecular complexity index is 433. The second-order valence-corrected chi connectivity index (χ2v) is 4.34. The third-order valence-corrected chi connectivity index (χ3v) is 3.17. The van der Waals surface area contributed by atoms with Crippen LogP contribution in [0.4, 0.5) is 23.2 Å². The molecule has 2 nitrogen and oxygen atoms in total. The van der Waals surface area contributed by atoms with Crippen molar-refractivity contribution in [3.63, 3.8) is 0 Å². The van der Waals surface area contributed by atoms with Gasteiger partial charge in [-0.2, -0.15) is 13.2 Å². The van der Waals surface area contributed by atoms with Gasteiger partial charge in [-0.25, -0.2) is 4.39 Å². The highest BCUT2D eigenvalue weighted by Crippen LogP contribution is 2.34. The van der Waals surface area contributed by atoms with Gasteiger partial charge in [-0.15, -0.1) is 0 Å². The Kier molecular flexibility index (Phi) is 3.47. The normalized spacial score (nSPS) is 20.5. The molecular weight excluding hydrogens is 250 g/mol. The molecule has 1 aliphatic heterocycles. The lowest BCUT2D eigenvalue weighted by atomic mass is 10.1. The van der Waals surface area contributed by atoms with Gasteiger partial charge in [-0.3, -0.25) is 0 Å². The molecule has 1 fully saturated rings. The summed E-state index contributed by atoms with van der Waals surface area (Å²) >= 11 is 0. The number of rotatable bonds is 2. The van der Waals surface area contributed by atoms with Crippen LogP contribution in [0, 0.1) is 5.82 Å². The van der Waals surface area contributed by atoms with Crippen molar-refractivity contribution in [1.29, 1.82) is 0 Å². The number of nitrogens with zero attached hydrogens (tertiary/aromatic N) is 1. The Morgan fingerprint density at radius 1 is 1.33 bits per heavy atom. The number of benzene rings is 1. The second-order valence-electron chi connectivity index (χ2n) is 4.34. The summed E-state index contributed by atoms with van der Waals surface area (Å²) in [7, 11) is 0. The van der Waals surface area contributed by atoms with Crippen LogP contribution in [0.15, 0.2) is 18.2 Å². The van der Waals surface area contributed by atoms with Crippen LogP contribution in [0.5, 0.6) is 0 Å². The van der Waals surface area contributed by atoms with Crippen molar-refractivity contribution >= 4 is 5.69 Å². The van der Waals surface area contributed by atoms with E-state index in [4.69, 9.17) is 5.11 Å². The first kappa shape index (κ1) is 13.1. The monoisotopic (exact) mass is 263 g/mol. The molecule has 1 unspecified atom stereocenters. The van der Waals surface area contributed by atoms with E-state index in [0.29, 0.717) is 12.6 Å². The zero-order valence-corrected chi connectivity index (χ0v) is 9.54. The maximum atomic E-state index is 13.7. The largest absolute Gasteiger partial charge is 0.416 e. The van der Waals surface area contributed by atoms with Crippen LogP contribution in [0.1, 0.15) is 18.4 Å². The van der Waals surface area contributed by atoms with Gasteiger partial charge in [-0.05, 0) is 31.0 Å². The summed E-state index contributed by atoms with van der Waals surface area (Å²) in [6.45, 7) is 0.425. The number of alkyl halides is 3. The molecule has 1 aromatic rings. The number of halogens is 4. The summed E-state index contributed by atoms with van der Waals surface area (Å²) in [5.74, 6) is -0.898. The summed E-state index contributed by atoms with van der Waals surface area (Å²) in [6, 6.07) is 2.29. The maximum Gasteiger partial charge on any atom is 0.416 e. The van der Waals surface area contributed by atoms with E-state index in [1.165, 1.54) is 0 Å². The smallest absolute Gasteiger partial charge is 0.394 e. The zero-order valence-electron chi connectivity index (χ0n) is 9.54. The number of hydrogen-bond donors (Lipinski definition) is 1. The Balaban J connectivity index is 2.30. The first-order chi connectivity index (χ1) is 8.43. The van der Waals surface area contributed by atoms with Crippen molar-refractivity contribution in [3.05, 3.63) is 29.6 Å². The predicted octanol–water partition coefficient (Wildman–Crippen LogP) is 2.81. The molecule has 18 heavy (non-hydrogen) atoms. The van der Waals surface area contributed by atoms with Crippen LogP contribution < -0.4 is 4.90 Å². The number of aliphatic hydroxyl groups excluding tert-OH is 1. The van der Waals surface area contributed by atoms with Gasteiger partial charge in [0.2, 0.25) is 0 Å². The lowest BCUT2D eigenvalue weighted by molar-refractivity contribution is -0.137. The van der Waals surface area contributed by atoms with E-state index in [1.54, 1.807) is 4.90 Å². The first-order valence-electron chi connectivity index (χ1n) is 5.67. The van der Waals surface area contributed by atoms with Crippen LogP contribution in [-0.2, 0) is 6.18 Å². The maximum absolute atomic E-state index is 13.7. The SMILES string of the molecule is OCC1CCCN1c1ccc(C(F)(F)F)cc1F. The van der Waals surface area contributed by atoms with E-state index in [2.05, 4.69) is 0 Å². The topological polar surface area (TPSA) is 23.5 Å². The molecule has 1 N–H and O–H groups in total. The molecule has 0 aromatic heterocycles. The van der Waals surface area contributed by atoms with E-state index in [0.717, 1.165) is 25.0 Å². The molecule has 0 radical (unpaired) electrons. The van der Waals surface area contributed by atoms with Crippen molar-refractivity contribution in [2.45, 2.75) is 25.1 Å². The summed E-state index contributed by atoms with van der Waals surface area (Å²) in [5.41, 5.74) is -0.872. The van der Waals surface area contributed by atoms with Gasteiger partial charge in [0, 0.05) is 6.54 Å². The average Bonchev–Trinajstić information content (AvgIpc) is 2.75. The fourth-order valence-corrected chi connectivity index (χ4v) is 2.26. The molecule has 1 aliphatic rings. The minimum absolute atomic E-state index is 0.125. The number of anilines is 1. The van der Waals surface area contributed by atoms with Gasteiger partial charge in [0.25, 0.3) is 0 Å².